The van der Waals surface area contributed by atoms with Crippen molar-refractivity contribution in [3.05, 3.63) is 75.8 Å². The van der Waals surface area contributed by atoms with Gasteiger partial charge in [-0.15, -0.1) is 0 Å². The number of fused-ring (bicyclic) bond motifs is 1. The van der Waals surface area contributed by atoms with Gasteiger partial charge in [0.2, 0.25) is 0 Å². The average molecular weight is 645 g/mol. The first kappa shape index (κ1) is 32.9. The van der Waals surface area contributed by atoms with Crippen LogP contribution in [0.1, 0.15) is 87.7 Å². The van der Waals surface area contributed by atoms with Gasteiger partial charge >= 0.3 is 0 Å². The predicted molar refractivity (Wildman–Crippen MR) is 185 cm³/mol. The maximum absolute atomic E-state index is 11.6. The van der Waals surface area contributed by atoms with Gasteiger partial charge in [0.1, 0.15) is 29.1 Å². The Labute approximate surface area is 279 Å². The van der Waals surface area contributed by atoms with E-state index in [9.17, 15) is 4.79 Å². The van der Waals surface area contributed by atoms with Crippen LogP contribution in [-0.2, 0) is 17.8 Å². The van der Waals surface area contributed by atoms with E-state index in [1.54, 1.807) is 0 Å². The number of Topliss-reactive ketones (excluding diaryl/α,β-unsaturated/α-hetero) is 1. The fourth-order valence-corrected chi connectivity index (χ4v) is 7.58. The molecule has 1 saturated heterocycles. The Morgan fingerprint density at radius 1 is 1.00 bits per heavy atom. The highest BCUT2D eigenvalue weighted by molar-refractivity contribution is 6.32. The van der Waals surface area contributed by atoms with Crippen molar-refractivity contribution in [1.82, 2.24) is 10.2 Å². The summed E-state index contributed by atoms with van der Waals surface area (Å²) in [5.41, 5.74) is 7.53. The number of hydrogen-bond acceptors (Lipinski definition) is 6. The maximum Gasteiger partial charge on any atom is 0.142 e. The van der Waals surface area contributed by atoms with Crippen molar-refractivity contribution in [1.29, 1.82) is 0 Å². The van der Waals surface area contributed by atoms with Gasteiger partial charge in [-0.25, -0.2) is 0 Å². The predicted octanol–water partition coefficient (Wildman–Crippen LogP) is 8.49. The summed E-state index contributed by atoms with van der Waals surface area (Å²) in [6.45, 7) is 13.8. The van der Waals surface area contributed by atoms with Crippen molar-refractivity contribution in [2.75, 3.05) is 32.8 Å². The van der Waals surface area contributed by atoms with Crippen molar-refractivity contribution in [2.45, 2.75) is 90.8 Å². The van der Waals surface area contributed by atoms with E-state index in [0.717, 1.165) is 62.4 Å². The van der Waals surface area contributed by atoms with E-state index >= 15 is 0 Å². The number of hydrogen-bond donors (Lipinski definition) is 1. The van der Waals surface area contributed by atoms with Gasteiger partial charge < -0.3 is 19.5 Å². The lowest BCUT2D eigenvalue weighted by Crippen LogP contribution is -2.55. The number of nitrogens with one attached hydrogen (secondary N) is 1. The quantitative estimate of drug-likeness (QED) is 0.178. The van der Waals surface area contributed by atoms with Crippen LogP contribution < -0.4 is 19.5 Å². The Bertz CT molecular complexity index is 1550. The van der Waals surface area contributed by atoms with E-state index in [0.29, 0.717) is 54.0 Å². The zero-order valence-electron chi connectivity index (χ0n) is 27.9. The molecule has 2 fully saturated rings. The lowest BCUT2D eigenvalue weighted by Gasteiger charge is -2.48. The molecule has 246 valence electrons. The van der Waals surface area contributed by atoms with Crippen molar-refractivity contribution >= 4 is 17.4 Å². The maximum atomic E-state index is 11.6. The minimum absolute atomic E-state index is 0.0868. The Hall–Kier alpha value is -3.06. The Morgan fingerprint density at radius 3 is 2.57 bits per heavy atom. The van der Waals surface area contributed by atoms with Gasteiger partial charge in [-0.05, 0) is 112 Å². The summed E-state index contributed by atoms with van der Waals surface area (Å²) in [6.07, 6.45) is 6.40. The van der Waals surface area contributed by atoms with E-state index in [1.165, 1.54) is 40.8 Å². The van der Waals surface area contributed by atoms with Crippen LogP contribution in [0.4, 0.5) is 0 Å². The lowest BCUT2D eigenvalue weighted by atomic mass is 9.89. The van der Waals surface area contributed by atoms with Gasteiger partial charge in [0.15, 0.2) is 0 Å². The molecule has 0 spiro atoms. The number of ketones is 1. The van der Waals surface area contributed by atoms with E-state index in [1.807, 2.05) is 19.1 Å². The highest BCUT2D eigenvalue weighted by Crippen LogP contribution is 2.44. The summed E-state index contributed by atoms with van der Waals surface area (Å²) in [7, 11) is 0. The van der Waals surface area contributed by atoms with Crippen LogP contribution >= 0.6 is 11.6 Å². The van der Waals surface area contributed by atoms with Gasteiger partial charge in [0.05, 0.1) is 18.2 Å². The molecule has 2 atom stereocenters. The summed E-state index contributed by atoms with van der Waals surface area (Å²) in [6, 6.07) is 16.9. The Kier molecular flexibility index (Phi) is 10.3. The van der Waals surface area contributed by atoms with Crippen LogP contribution in [0.5, 0.6) is 17.2 Å². The molecule has 0 radical (unpaired) electrons. The molecule has 0 aromatic heterocycles. The highest BCUT2D eigenvalue weighted by Gasteiger charge is 2.35. The smallest absolute Gasteiger partial charge is 0.142 e. The Morgan fingerprint density at radius 2 is 1.83 bits per heavy atom. The molecule has 1 saturated carbocycles. The van der Waals surface area contributed by atoms with Crippen molar-refractivity contribution in [3.63, 3.8) is 0 Å². The molecule has 2 aliphatic carbocycles. The van der Waals surface area contributed by atoms with Gasteiger partial charge in [0.25, 0.3) is 0 Å². The monoisotopic (exact) mass is 644 g/mol. The topological polar surface area (TPSA) is 60.0 Å². The minimum Gasteiger partial charge on any atom is -0.493 e. The van der Waals surface area contributed by atoms with Crippen LogP contribution in [0, 0.1) is 12.8 Å². The summed E-state index contributed by atoms with van der Waals surface area (Å²) in [5, 5.41) is 4.09. The van der Waals surface area contributed by atoms with Crippen LogP contribution in [-0.4, -0.2) is 49.1 Å². The molecule has 6 nitrogen and oxygen atoms in total. The van der Waals surface area contributed by atoms with Crippen molar-refractivity contribution in [2.24, 2.45) is 5.92 Å². The normalized spacial score (nSPS) is 20.4. The molecule has 3 aromatic rings. The molecule has 1 heterocycles. The number of carbonyl (C=O) groups excluding carboxylic acids is 1. The number of halogens is 1. The van der Waals surface area contributed by atoms with E-state index in [-0.39, 0.29) is 6.10 Å². The second-order valence-electron chi connectivity index (χ2n) is 13.8. The van der Waals surface area contributed by atoms with E-state index in [2.05, 4.69) is 67.4 Å². The molecule has 0 amide bonds. The molecule has 46 heavy (non-hydrogen) atoms. The van der Waals surface area contributed by atoms with Crippen LogP contribution in [0.25, 0.3) is 11.1 Å². The van der Waals surface area contributed by atoms with Crippen molar-refractivity contribution < 1.29 is 19.0 Å². The lowest BCUT2D eigenvalue weighted by molar-refractivity contribution is -0.117. The fraction of sp³-hybridized carbons (Fsp3) is 0.513. The standard InChI is InChI=1S/C39H49ClN2O4/c1-5-44-37-23-38(34(40)22-28(37)25-41-24-27-13-14-29(43)21-27)46-36-16-15-32-31(10-6-11-33(32)36)30-9-7-12-35(26(30)2)45-20-8-18-42-19-17-39(42,3)4/h6-7,9-12,22-23,27,36,41H,5,8,13-21,24-25H2,1-4H3/t27-,36-/m0/s1. The van der Waals surface area contributed by atoms with E-state index < -0.39 is 0 Å². The molecule has 3 aromatic carbocycles. The first-order valence-corrected chi connectivity index (χ1v) is 17.5. The fourth-order valence-electron chi connectivity index (χ4n) is 7.35. The third-order valence-corrected chi connectivity index (χ3v) is 10.5. The van der Waals surface area contributed by atoms with Gasteiger partial charge in [0, 0.05) is 49.6 Å². The summed E-state index contributed by atoms with van der Waals surface area (Å²) in [4.78, 5) is 14.2. The largest absolute Gasteiger partial charge is 0.493 e. The number of benzene rings is 3. The Balaban J connectivity index is 1.13. The zero-order valence-corrected chi connectivity index (χ0v) is 28.7. The number of carbonyl (C=O) groups is 1. The molecule has 0 unspecified atom stereocenters. The molecular weight excluding hydrogens is 596 g/mol. The second-order valence-corrected chi connectivity index (χ2v) is 14.2. The molecule has 1 aliphatic heterocycles. The number of nitrogens with zero attached hydrogens (tertiary/aromatic N) is 1. The van der Waals surface area contributed by atoms with Crippen LogP contribution in [0.15, 0.2) is 48.5 Å². The molecular formula is C39H49ClN2O4. The summed E-state index contributed by atoms with van der Waals surface area (Å²) >= 11 is 6.82. The number of rotatable bonds is 14. The third kappa shape index (κ3) is 7.25. The van der Waals surface area contributed by atoms with Crippen LogP contribution in [0.3, 0.4) is 0 Å². The molecule has 7 heteroatoms. The average Bonchev–Trinajstić information content (AvgIpc) is 3.65. The summed E-state index contributed by atoms with van der Waals surface area (Å²) in [5.74, 6) is 3.18. The molecule has 1 N–H and O–H groups in total. The minimum atomic E-state index is -0.0868. The second kappa shape index (κ2) is 14.4. The first-order valence-electron chi connectivity index (χ1n) is 17.2. The molecule has 0 bridgehead atoms. The SMILES string of the molecule is CCOc1cc(O[C@H]2CCc3c(-c4cccc(OCCCN5CCC5(C)C)c4C)cccc32)c(Cl)cc1CNC[C@H]1CCC(=O)C1. The first-order chi connectivity index (χ1) is 22.2. The molecule has 3 aliphatic rings. The van der Waals surface area contributed by atoms with Gasteiger partial charge in [-0.1, -0.05) is 41.9 Å². The molecule has 6 rings (SSSR count). The number of ether oxygens (including phenoxy) is 3. The van der Waals surface area contributed by atoms with Gasteiger partial charge in [-0.2, -0.15) is 0 Å². The van der Waals surface area contributed by atoms with Gasteiger partial charge in [-0.3, -0.25) is 9.69 Å². The number of likely N-dealkylation sites (tertiary alicyclic amines) is 1. The van der Waals surface area contributed by atoms with E-state index in [4.69, 9.17) is 25.8 Å². The highest BCUT2D eigenvalue weighted by atomic mass is 35.5. The third-order valence-electron chi connectivity index (χ3n) is 10.2. The van der Waals surface area contributed by atoms with Crippen molar-refractivity contribution in [3.8, 4) is 28.4 Å². The van der Waals surface area contributed by atoms with Crippen LogP contribution in [0.2, 0.25) is 5.02 Å². The summed E-state index contributed by atoms with van der Waals surface area (Å²) < 4.78 is 19.0. The zero-order chi connectivity index (χ0) is 32.3.